The maximum Gasteiger partial charge on any atom is 0.224 e. The van der Waals surface area contributed by atoms with Crippen LogP contribution in [0.25, 0.3) is 0 Å². The van der Waals surface area contributed by atoms with E-state index in [1.54, 1.807) is 0 Å². The Morgan fingerprint density at radius 2 is 2.07 bits per heavy atom. The molecule has 0 amide bonds. The molecule has 0 spiro atoms. The number of hydrogen-bond donors (Lipinski definition) is 1. The second kappa shape index (κ2) is 4.99. The van der Waals surface area contributed by atoms with Crippen molar-refractivity contribution in [2.24, 2.45) is 0 Å². The Kier molecular flexibility index (Phi) is 4.17. The quantitative estimate of drug-likeness (QED) is 0.824. The third-order valence-electron chi connectivity index (χ3n) is 2.05. The van der Waals surface area contributed by atoms with Gasteiger partial charge in [0.1, 0.15) is 10.8 Å². The number of aromatic nitrogens is 2. The summed E-state index contributed by atoms with van der Waals surface area (Å²) in [7, 11) is 0. The van der Waals surface area contributed by atoms with Crippen LogP contribution in [0.2, 0.25) is 10.3 Å². The number of rotatable bonds is 4. The Labute approximate surface area is 100 Å². The number of hydrogen-bond acceptors (Lipinski definition) is 3. The minimum Gasteiger partial charge on any atom is -0.364 e. The maximum absolute atomic E-state index is 5.96. The molecule has 0 radical (unpaired) electrons. The third-order valence-corrected chi connectivity index (χ3v) is 2.51. The predicted octanol–water partition coefficient (Wildman–Crippen LogP) is 3.77. The SMILES string of the molecule is CCCC(C)(C)Nc1nc(Cl)ncc1Cl. The molecule has 1 rings (SSSR count). The second-order valence-corrected chi connectivity index (χ2v) is 4.84. The fraction of sp³-hybridized carbons (Fsp3) is 0.600. The first-order valence-corrected chi connectivity index (χ1v) is 5.66. The molecule has 0 unspecified atom stereocenters. The zero-order valence-electron chi connectivity index (χ0n) is 9.14. The van der Waals surface area contributed by atoms with E-state index in [0.29, 0.717) is 10.8 Å². The normalized spacial score (nSPS) is 11.5. The Balaban J connectivity index is 2.83. The predicted molar refractivity (Wildman–Crippen MR) is 64.7 cm³/mol. The van der Waals surface area contributed by atoms with Crippen LogP contribution in [0.4, 0.5) is 5.82 Å². The summed E-state index contributed by atoms with van der Waals surface area (Å²) in [6.07, 6.45) is 3.63. The molecular formula is C10H15Cl2N3. The van der Waals surface area contributed by atoms with Crippen molar-refractivity contribution in [3.05, 3.63) is 16.5 Å². The van der Waals surface area contributed by atoms with Gasteiger partial charge in [-0.1, -0.05) is 24.9 Å². The summed E-state index contributed by atoms with van der Waals surface area (Å²) in [5.74, 6) is 0.593. The lowest BCUT2D eigenvalue weighted by Crippen LogP contribution is -2.31. The minimum atomic E-state index is -0.0456. The molecule has 0 saturated heterocycles. The molecule has 5 heteroatoms. The van der Waals surface area contributed by atoms with E-state index in [9.17, 15) is 0 Å². The van der Waals surface area contributed by atoms with Crippen molar-refractivity contribution in [2.75, 3.05) is 5.32 Å². The van der Waals surface area contributed by atoms with Gasteiger partial charge in [0.05, 0.1) is 6.20 Å². The highest BCUT2D eigenvalue weighted by Crippen LogP contribution is 2.24. The van der Waals surface area contributed by atoms with E-state index in [1.807, 2.05) is 0 Å². The lowest BCUT2D eigenvalue weighted by Gasteiger charge is -2.26. The zero-order valence-corrected chi connectivity index (χ0v) is 10.7. The first-order chi connectivity index (χ1) is 6.94. The van der Waals surface area contributed by atoms with Gasteiger partial charge < -0.3 is 5.32 Å². The Morgan fingerprint density at radius 1 is 1.40 bits per heavy atom. The molecule has 0 aromatic carbocycles. The van der Waals surface area contributed by atoms with Crippen LogP contribution in [0.15, 0.2) is 6.20 Å². The van der Waals surface area contributed by atoms with Gasteiger partial charge in [-0.15, -0.1) is 0 Å². The molecule has 0 aliphatic rings. The van der Waals surface area contributed by atoms with Crippen LogP contribution < -0.4 is 5.32 Å². The molecule has 0 saturated carbocycles. The van der Waals surface area contributed by atoms with Gasteiger partial charge >= 0.3 is 0 Å². The van der Waals surface area contributed by atoms with Crippen molar-refractivity contribution in [1.82, 2.24) is 9.97 Å². The van der Waals surface area contributed by atoms with Crippen LogP contribution in [0, 0.1) is 0 Å². The van der Waals surface area contributed by atoms with Crippen LogP contribution in [-0.4, -0.2) is 15.5 Å². The number of halogens is 2. The summed E-state index contributed by atoms with van der Waals surface area (Å²) in [4.78, 5) is 7.85. The summed E-state index contributed by atoms with van der Waals surface area (Å²) in [5, 5.41) is 3.95. The van der Waals surface area contributed by atoms with Gasteiger partial charge in [-0.2, -0.15) is 4.98 Å². The molecule has 1 heterocycles. The number of nitrogens with one attached hydrogen (secondary N) is 1. The molecule has 84 valence electrons. The van der Waals surface area contributed by atoms with Crippen LogP contribution >= 0.6 is 23.2 Å². The van der Waals surface area contributed by atoms with Gasteiger partial charge in [0, 0.05) is 5.54 Å². The van der Waals surface area contributed by atoms with E-state index >= 15 is 0 Å². The average molecular weight is 248 g/mol. The molecule has 1 aromatic rings. The Hall–Kier alpha value is -0.540. The van der Waals surface area contributed by atoms with E-state index in [2.05, 4.69) is 36.1 Å². The topological polar surface area (TPSA) is 37.8 Å². The lowest BCUT2D eigenvalue weighted by atomic mass is 9.99. The highest BCUT2D eigenvalue weighted by Gasteiger charge is 2.18. The molecule has 0 atom stereocenters. The molecule has 15 heavy (non-hydrogen) atoms. The van der Waals surface area contributed by atoms with Crippen LogP contribution in [0.3, 0.4) is 0 Å². The fourth-order valence-electron chi connectivity index (χ4n) is 1.44. The first-order valence-electron chi connectivity index (χ1n) is 4.91. The Morgan fingerprint density at radius 3 is 2.67 bits per heavy atom. The summed E-state index contributed by atoms with van der Waals surface area (Å²) in [6, 6.07) is 0. The highest BCUT2D eigenvalue weighted by molar-refractivity contribution is 6.33. The van der Waals surface area contributed by atoms with Gasteiger partial charge in [0.2, 0.25) is 5.28 Å². The summed E-state index contributed by atoms with van der Waals surface area (Å²) >= 11 is 11.7. The van der Waals surface area contributed by atoms with Crippen molar-refractivity contribution >= 4 is 29.0 Å². The lowest BCUT2D eigenvalue weighted by molar-refractivity contribution is 0.509. The molecule has 0 aliphatic heterocycles. The second-order valence-electron chi connectivity index (χ2n) is 4.09. The molecule has 0 bridgehead atoms. The summed E-state index contributed by atoms with van der Waals surface area (Å²) < 4.78 is 0. The van der Waals surface area contributed by atoms with E-state index < -0.39 is 0 Å². The monoisotopic (exact) mass is 247 g/mol. The van der Waals surface area contributed by atoms with Gasteiger partial charge in [-0.25, -0.2) is 4.98 Å². The van der Waals surface area contributed by atoms with E-state index in [-0.39, 0.29) is 10.8 Å². The highest BCUT2D eigenvalue weighted by atomic mass is 35.5. The average Bonchev–Trinajstić information content (AvgIpc) is 2.10. The first kappa shape index (κ1) is 12.5. The smallest absolute Gasteiger partial charge is 0.224 e. The van der Waals surface area contributed by atoms with Crippen LogP contribution in [0.1, 0.15) is 33.6 Å². The number of nitrogens with zero attached hydrogens (tertiary/aromatic N) is 2. The molecule has 1 N–H and O–H groups in total. The molecule has 1 aromatic heterocycles. The van der Waals surface area contributed by atoms with Crippen molar-refractivity contribution < 1.29 is 0 Å². The molecule has 3 nitrogen and oxygen atoms in total. The standard InChI is InChI=1S/C10H15Cl2N3/c1-4-5-10(2,3)15-8-7(11)6-13-9(12)14-8/h6H,4-5H2,1-3H3,(H,13,14,15). The van der Waals surface area contributed by atoms with Gasteiger partial charge in [-0.05, 0) is 31.9 Å². The third kappa shape index (κ3) is 3.84. The summed E-state index contributed by atoms with van der Waals surface area (Å²) in [5.41, 5.74) is -0.0456. The van der Waals surface area contributed by atoms with E-state index in [1.165, 1.54) is 6.20 Å². The van der Waals surface area contributed by atoms with Crippen LogP contribution in [0.5, 0.6) is 0 Å². The minimum absolute atomic E-state index is 0.0456. The van der Waals surface area contributed by atoms with Gasteiger partial charge in [0.15, 0.2) is 0 Å². The van der Waals surface area contributed by atoms with Crippen molar-refractivity contribution in [3.63, 3.8) is 0 Å². The van der Waals surface area contributed by atoms with Crippen molar-refractivity contribution in [2.45, 2.75) is 39.2 Å². The Bertz CT molecular complexity index is 339. The maximum atomic E-state index is 5.96. The molecule has 0 aliphatic carbocycles. The zero-order chi connectivity index (χ0) is 11.5. The largest absolute Gasteiger partial charge is 0.364 e. The van der Waals surface area contributed by atoms with Gasteiger partial charge in [0.25, 0.3) is 0 Å². The van der Waals surface area contributed by atoms with Gasteiger partial charge in [-0.3, -0.25) is 0 Å². The number of anilines is 1. The van der Waals surface area contributed by atoms with Crippen molar-refractivity contribution in [3.8, 4) is 0 Å². The van der Waals surface area contributed by atoms with E-state index in [4.69, 9.17) is 23.2 Å². The van der Waals surface area contributed by atoms with Crippen molar-refractivity contribution in [1.29, 1.82) is 0 Å². The summed E-state index contributed by atoms with van der Waals surface area (Å²) in [6.45, 7) is 6.34. The fourth-order valence-corrected chi connectivity index (χ4v) is 1.71. The van der Waals surface area contributed by atoms with Crippen LogP contribution in [-0.2, 0) is 0 Å². The van der Waals surface area contributed by atoms with E-state index in [0.717, 1.165) is 12.8 Å². The molecular weight excluding hydrogens is 233 g/mol. The molecule has 0 fully saturated rings.